The molecule has 0 aliphatic heterocycles. The number of amides is 1. The van der Waals surface area contributed by atoms with Gasteiger partial charge in [-0.05, 0) is 51.1 Å². The number of carbonyl (C=O) groups excluding carboxylic acids is 1. The van der Waals surface area contributed by atoms with Gasteiger partial charge in [0.2, 0.25) is 0 Å². The fourth-order valence-corrected chi connectivity index (χ4v) is 2.83. The first-order valence-corrected chi connectivity index (χ1v) is 9.65. The molecule has 0 bridgehead atoms. The van der Waals surface area contributed by atoms with Crippen LogP contribution in [0.25, 0.3) is 5.69 Å². The predicted octanol–water partition coefficient (Wildman–Crippen LogP) is 3.87. The van der Waals surface area contributed by atoms with E-state index in [1.54, 1.807) is 4.68 Å². The van der Waals surface area contributed by atoms with Crippen LogP contribution in [0.2, 0.25) is 0 Å². The zero-order chi connectivity index (χ0) is 22.3. The van der Waals surface area contributed by atoms with Crippen molar-refractivity contribution in [3.8, 4) is 5.69 Å². The third kappa shape index (κ3) is 4.48. The summed E-state index contributed by atoms with van der Waals surface area (Å²) in [5.74, 6) is -0.360. The van der Waals surface area contributed by atoms with E-state index in [0.717, 1.165) is 10.4 Å². The zero-order valence-electron chi connectivity index (χ0n) is 18.0. The van der Waals surface area contributed by atoms with E-state index in [2.05, 4.69) is 15.5 Å². The lowest BCUT2D eigenvalue weighted by molar-refractivity contribution is 0.101. The maximum atomic E-state index is 13.2. The predicted molar refractivity (Wildman–Crippen MR) is 114 cm³/mol. The van der Waals surface area contributed by atoms with E-state index in [0.29, 0.717) is 11.5 Å². The summed E-state index contributed by atoms with van der Waals surface area (Å²) in [5, 5.41) is 11.7. The Balaban J connectivity index is 1.97. The van der Waals surface area contributed by atoms with E-state index in [4.69, 9.17) is 0 Å². The summed E-state index contributed by atoms with van der Waals surface area (Å²) in [4.78, 5) is 25.1. The standard InChI is InChI=1S/C22H26FN5O2/c1-21(2,3)17-13-18(28(26-17)22(4,5)6)24-20(30)16-11-12-19(29)27(25-16)15-9-7-14(23)8-10-15/h7-13H,1-6H3,(H,24,30). The van der Waals surface area contributed by atoms with Gasteiger partial charge < -0.3 is 5.32 Å². The Kier molecular flexibility index (Phi) is 5.36. The average molecular weight is 411 g/mol. The number of benzene rings is 1. The highest BCUT2D eigenvalue weighted by atomic mass is 19.1. The topological polar surface area (TPSA) is 81.8 Å². The number of hydrogen-bond acceptors (Lipinski definition) is 4. The molecule has 0 fully saturated rings. The summed E-state index contributed by atoms with van der Waals surface area (Å²) in [6.45, 7) is 12.1. The van der Waals surface area contributed by atoms with Crippen molar-refractivity contribution < 1.29 is 9.18 Å². The zero-order valence-corrected chi connectivity index (χ0v) is 18.0. The Morgan fingerprint density at radius 1 is 0.967 bits per heavy atom. The molecule has 7 nitrogen and oxygen atoms in total. The normalized spacial score (nSPS) is 12.1. The Labute approximate surface area is 174 Å². The summed E-state index contributed by atoms with van der Waals surface area (Å²) in [6, 6.07) is 9.77. The van der Waals surface area contributed by atoms with Crippen LogP contribution in [0.15, 0.2) is 47.3 Å². The number of carbonyl (C=O) groups is 1. The van der Waals surface area contributed by atoms with Crippen LogP contribution in [-0.2, 0) is 11.0 Å². The molecular weight excluding hydrogens is 385 g/mol. The molecule has 3 aromatic rings. The van der Waals surface area contributed by atoms with E-state index < -0.39 is 17.3 Å². The highest BCUT2D eigenvalue weighted by molar-refractivity contribution is 6.02. The minimum absolute atomic E-state index is 0.0536. The molecule has 0 saturated carbocycles. The van der Waals surface area contributed by atoms with Crippen molar-refractivity contribution in [1.82, 2.24) is 19.6 Å². The molecule has 1 amide bonds. The number of anilines is 1. The largest absolute Gasteiger partial charge is 0.305 e. The van der Waals surface area contributed by atoms with Crippen LogP contribution in [0.3, 0.4) is 0 Å². The lowest BCUT2D eigenvalue weighted by Crippen LogP contribution is -2.29. The molecule has 0 unspecified atom stereocenters. The maximum absolute atomic E-state index is 13.2. The van der Waals surface area contributed by atoms with E-state index in [1.807, 2.05) is 47.6 Å². The second-order valence-electron chi connectivity index (χ2n) is 9.15. The Morgan fingerprint density at radius 3 is 2.17 bits per heavy atom. The summed E-state index contributed by atoms with van der Waals surface area (Å²) in [5.41, 5.74) is 0.296. The number of hydrogen-bond donors (Lipinski definition) is 1. The van der Waals surface area contributed by atoms with Gasteiger partial charge in [0.1, 0.15) is 17.3 Å². The van der Waals surface area contributed by atoms with Crippen LogP contribution in [0.1, 0.15) is 57.7 Å². The minimum Gasteiger partial charge on any atom is -0.305 e. The van der Waals surface area contributed by atoms with Crippen molar-refractivity contribution in [2.45, 2.75) is 52.5 Å². The molecular formula is C22H26FN5O2. The van der Waals surface area contributed by atoms with E-state index >= 15 is 0 Å². The smallest absolute Gasteiger partial charge is 0.277 e. The van der Waals surface area contributed by atoms with Crippen molar-refractivity contribution in [3.63, 3.8) is 0 Å². The lowest BCUT2D eigenvalue weighted by Gasteiger charge is -2.23. The van der Waals surface area contributed by atoms with Crippen LogP contribution >= 0.6 is 0 Å². The first-order valence-electron chi connectivity index (χ1n) is 9.65. The second-order valence-corrected chi connectivity index (χ2v) is 9.15. The van der Waals surface area contributed by atoms with Gasteiger partial charge in [0.05, 0.1) is 16.9 Å². The van der Waals surface area contributed by atoms with Gasteiger partial charge in [0.25, 0.3) is 11.5 Å². The number of nitrogens with one attached hydrogen (secondary N) is 1. The molecule has 0 radical (unpaired) electrons. The van der Waals surface area contributed by atoms with Crippen molar-refractivity contribution in [2.75, 3.05) is 5.32 Å². The monoisotopic (exact) mass is 411 g/mol. The fourth-order valence-electron chi connectivity index (χ4n) is 2.83. The number of nitrogens with zero attached hydrogens (tertiary/aromatic N) is 4. The molecule has 3 rings (SSSR count). The number of rotatable bonds is 3. The van der Waals surface area contributed by atoms with Crippen molar-refractivity contribution >= 4 is 11.7 Å². The summed E-state index contributed by atoms with van der Waals surface area (Å²) in [7, 11) is 0. The van der Waals surface area contributed by atoms with Gasteiger partial charge in [0.15, 0.2) is 0 Å². The second kappa shape index (κ2) is 7.51. The van der Waals surface area contributed by atoms with Crippen molar-refractivity contribution in [2.24, 2.45) is 0 Å². The molecule has 8 heteroatoms. The molecule has 0 atom stereocenters. The number of aromatic nitrogens is 4. The summed E-state index contributed by atoms with van der Waals surface area (Å²) in [6.07, 6.45) is 0. The third-order valence-electron chi connectivity index (χ3n) is 4.46. The first-order chi connectivity index (χ1) is 13.9. The molecule has 0 aliphatic rings. The summed E-state index contributed by atoms with van der Waals surface area (Å²) < 4.78 is 16.0. The molecule has 2 aromatic heterocycles. The molecule has 0 saturated heterocycles. The van der Waals surface area contributed by atoms with Crippen LogP contribution in [0.5, 0.6) is 0 Å². The quantitative estimate of drug-likeness (QED) is 0.709. The summed E-state index contributed by atoms with van der Waals surface area (Å²) >= 11 is 0. The van der Waals surface area contributed by atoms with E-state index in [1.165, 1.54) is 36.4 Å². The Bertz CT molecular complexity index is 1130. The fraction of sp³-hybridized carbons (Fsp3) is 0.364. The van der Waals surface area contributed by atoms with Crippen molar-refractivity contribution in [3.05, 3.63) is 70.0 Å². The molecule has 0 spiro atoms. The van der Waals surface area contributed by atoms with Crippen LogP contribution in [0, 0.1) is 5.82 Å². The van der Waals surface area contributed by atoms with Crippen molar-refractivity contribution in [1.29, 1.82) is 0 Å². The van der Waals surface area contributed by atoms with Gasteiger partial charge in [-0.25, -0.2) is 9.07 Å². The lowest BCUT2D eigenvalue weighted by atomic mass is 9.92. The molecule has 0 aliphatic carbocycles. The van der Waals surface area contributed by atoms with E-state index in [9.17, 15) is 14.0 Å². The van der Waals surface area contributed by atoms with Gasteiger partial charge in [0, 0.05) is 17.5 Å². The van der Waals surface area contributed by atoms with Crippen LogP contribution in [0.4, 0.5) is 10.2 Å². The van der Waals surface area contributed by atoms with Gasteiger partial charge >= 0.3 is 0 Å². The van der Waals surface area contributed by atoms with Gasteiger partial charge in [-0.15, -0.1) is 0 Å². The van der Waals surface area contributed by atoms with Crippen LogP contribution < -0.4 is 10.9 Å². The molecule has 1 aromatic carbocycles. The Hall–Kier alpha value is -3.29. The minimum atomic E-state index is -0.475. The average Bonchev–Trinajstić information content (AvgIpc) is 3.07. The highest BCUT2D eigenvalue weighted by Crippen LogP contribution is 2.28. The maximum Gasteiger partial charge on any atom is 0.277 e. The van der Waals surface area contributed by atoms with Gasteiger partial charge in [-0.3, -0.25) is 9.59 Å². The van der Waals surface area contributed by atoms with Gasteiger partial charge in [-0.2, -0.15) is 14.9 Å². The molecule has 1 N–H and O–H groups in total. The van der Waals surface area contributed by atoms with Crippen LogP contribution in [-0.4, -0.2) is 25.5 Å². The molecule has 30 heavy (non-hydrogen) atoms. The SMILES string of the molecule is CC(C)(C)c1cc(NC(=O)c2ccc(=O)n(-c3ccc(F)cc3)n2)n(C(C)(C)C)n1. The highest BCUT2D eigenvalue weighted by Gasteiger charge is 2.26. The number of halogens is 1. The van der Waals surface area contributed by atoms with E-state index in [-0.39, 0.29) is 16.6 Å². The molecule has 158 valence electrons. The molecule has 2 heterocycles. The third-order valence-corrected chi connectivity index (χ3v) is 4.46. The Morgan fingerprint density at radius 2 is 1.60 bits per heavy atom. The van der Waals surface area contributed by atoms with Gasteiger partial charge in [-0.1, -0.05) is 20.8 Å². The first kappa shape index (κ1) is 21.4.